The standard InChI is InChI=1S/C12H16N2O2/c1-7(2)11(13-3)8-4-5-9-10(6-8)16-12(15)14-9/h4-7,11,13H,1-3H3,(H,14,15). The van der Waals surface area contributed by atoms with Crippen LogP contribution in [0.15, 0.2) is 27.4 Å². The van der Waals surface area contributed by atoms with E-state index in [1.54, 1.807) is 0 Å². The Labute approximate surface area is 93.7 Å². The van der Waals surface area contributed by atoms with E-state index in [0.29, 0.717) is 11.5 Å². The van der Waals surface area contributed by atoms with Crippen LogP contribution >= 0.6 is 0 Å². The number of hydrogen-bond donors (Lipinski definition) is 2. The van der Waals surface area contributed by atoms with Gasteiger partial charge in [-0.1, -0.05) is 19.9 Å². The quantitative estimate of drug-likeness (QED) is 0.832. The van der Waals surface area contributed by atoms with Crippen LogP contribution < -0.4 is 11.1 Å². The maximum absolute atomic E-state index is 11.0. The van der Waals surface area contributed by atoms with Gasteiger partial charge in [0.25, 0.3) is 0 Å². The summed E-state index contributed by atoms with van der Waals surface area (Å²) in [6, 6.07) is 6.07. The van der Waals surface area contributed by atoms with Crippen LogP contribution in [0.1, 0.15) is 25.5 Å². The molecular formula is C12H16N2O2. The maximum Gasteiger partial charge on any atom is 0.417 e. The van der Waals surface area contributed by atoms with Crippen molar-refractivity contribution >= 4 is 11.1 Å². The first-order chi connectivity index (χ1) is 7.61. The molecule has 0 saturated carbocycles. The second-order valence-corrected chi connectivity index (χ2v) is 4.28. The normalized spacial score (nSPS) is 13.5. The zero-order valence-electron chi connectivity index (χ0n) is 9.70. The highest BCUT2D eigenvalue weighted by Crippen LogP contribution is 2.23. The Bertz CT molecular complexity index is 539. The molecule has 4 nitrogen and oxygen atoms in total. The van der Waals surface area contributed by atoms with Gasteiger partial charge in [0.05, 0.1) is 5.52 Å². The molecule has 1 aromatic carbocycles. The molecule has 1 heterocycles. The Morgan fingerprint density at radius 2 is 2.12 bits per heavy atom. The van der Waals surface area contributed by atoms with E-state index in [0.717, 1.165) is 11.1 Å². The Morgan fingerprint density at radius 3 is 2.75 bits per heavy atom. The van der Waals surface area contributed by atoms with Crippen molar-refractivity contribution in [3.8, 4) is 0 Å². The number of benzene rings is 1. The number of nitrogens with one attached hydrogen (secondary N) is 2. The smallest absolute Gasteiger partial charge is 0.408 e. The van der Waals surface area contributed by atoms with Crippen LogP contribution in [-0.4, -0.2) is 12.0 Å². The highest BCUT2D eigenvalue weighted by atomic mass is 16.4. The second kappa shape index (κ2) is 4.14. The van der Waals surface area contributed by atoms with Gasteiger partial charge in [-0.2, -0.15) is 0 Å². The van der Waals surface area contributed by atoms with Gasteiger partial charge < -0.3 is 9.73 Å². The largest absolute Gasteiger partial charge is 0.417 e. The Morgan fingerprint density at radius 1 is 1.38 bits per heavy atom. The predicted octanol–water partition coefficient (Wildman–Crippen LogP) is 2.04. The summed E-state index contributed by atoms with van der Waals surface area (Å²) < 4.78 is 5.04. The first-order valence-corrected chi connectivity index (χ1v) is 5.42. The minimum absolute atomic E-state index is 0.268. The van der Waals surface area contributed by atoms with Crippen LogP contribution in [0, 0.1) is 5.92 Å². The minimum Gasteiger partial charge on any atom is -0.408 e. The van der Waals surface area contributed by atoms with E-state index >= 15 is 0 Å². The topological polar surface area (TPSA) is 58.0 Å². The zero-order valence-corrected chi connectivity index (χ0v) is 9.70. The fourth-order valence-electron chi connectivity index (χ4n) is 2.04. The monoisotopic (exact) mass is 220 g/mol. The number of aromatic nitrogens is 1. The van der Waals surface area contributed by atoms with E-state index in [4.69, 9.17) is 4.42 Å². The van der Waals surface area contributed by atoms with Gasteiger partial charge in [-0.05, 0) is 30.7 Å². The van der Waals surface area contributed by atoms with Crippen molar-refractivity contribution in [3.63, 3.8) is 0 Å². The summed E-state index contributed by atoms with van der Waals surface area (Å²) in [6.45, 7) is 4.30. The molecule has 0 aliphatic rings. The number of hydrogen-bond acceptors (Lipinski definition) is 3. The molecule has 2 aromatic rings. The highest BCUT2D eigenvalue weighted by molar-refractivity contribution is 5.72. The molecule has 2 N–H and O–H groups in total. The number of H-pyrrole nitrogens is 1. The van der Waals surface area contributed by atoms with Gasteiger partial charge in [0.15, 0.2) is 5.58 Å². The average Bonchev–Trinajstić information content (AvgIpc) is 2.57. The van der Waals surface area contributed by atoms with Crippen molar-refractivity contribution in [1.29, 1.82) is 0 Å². The molecule has 1 aromatic heterocycles. The van der Waals surface area contributed by atoms with Gasteiger partial charge in [-0.15, -0.1) is 0 Å². The summed E-state index contributed by atoms with van der Waals surface area (Å²) in [6.07, 6.45) is 0. The number of aromatic amines is 1. The third-order valence-corrected chi connectivity index (χ3v) is 2.78. The third kappa shape index (κ3) is 1.88. The van der Waals surface area contributed by atoms with Crippen LogP contribution in [0.3, 0.4) is 0 Å². The van der Waals surface area contributed by atoms with E-state index in [2.05, 4.69) is 24.1 Å². The number of rotatable bonds is 3. The lowest BCUT2D eigenvalue weighted by Gasteiger charge is -2.20. The van der Waals surface area contributed by atoms with Crippen molar-refractivity contribution in [2.75, 3.05) is 7.05 Å². The van der Waals surface area contributed by atoms with Crippen LogP contribution in [0.25, 0.3) is 11.1 Å². The van der Waals surface area contributed by atoms with Gasteiger partial charge >= 0.3 is 5.76 Å². The third-order valence-electron chi connectivity index (χ3n) is 2.78. The molecule has 0 spiro atoms. The molecule has 1 atom stereocenters. The second-order valence-electron chi connectivity index (χ2n) is 4.28. The molecule has 0 aliphatic heterocycles. The van der Waals surface area contributed by atoms with Gasteiger partial charge in [0.2, 0.25) is 0 Å². The van der Waals surface area contributed by atoms with E-state index in [1.165, 1.54) is 0 Å². The van der Waals surface area contributed by atoms with Crippen LogP contribution in [0.5, 0.6) is 0 Å². The number of fused-ring (bicyclic) bond motifs is 1. The Balaban J connectivity index is 2.48. The molecule has 0 radical (unpaired) electrons. The molecule has 4 heteroatoms. The van der Waals surface area contributed by atoms with Crippen molar-refractivity contribution in [2.45, 2.75) is 19.9 Å². The lowest BCUT2D eigenvalue weighted by Crippen LogP contribution is -2.21. The molecule has 2 rings (SSSR count). The van der Waals surface area contributed by atoms with E-state index in [9.17, 15) is 4.79 Å². The molecule has 1 unspecified atom stereocenters. The summed E-state index contributed by atoms with van der Waals surface area (Å²) in [5.41, 5.74) is 2.49. The van der Waals surface area contributed by atoms with Gasteiger partial charge in [-0.3, -0.25) is 4.98 Å². The molecule has 0 aliphatic carbocycles. The molecule has 0 bridgehead atoms. The zero-order chi connectivity index (χ0) is 11.7. The lowest BCUT2D eigenvalue weighted by molar-refractivity contribution is 0.442. The average molecular weight is 220 g/mol. The summed E-state index contributed by atoms with van der Waals surface area (Å²) in [5.74, 6) is 0.0748. The fraction of sp³-hybridized carbons (Fsp3) is 0.417. The van der Waals surface area contributed by atoms with Crippen molar-refractivity contribution < 1.29 is 4.42 Å². The SMILES string of the molecule is CNC(c1ccc2[nH]c(=O)oc2c1)C(C)C. The number of oxazole rings is 1. The molecule has 0 amide bonds. The molecule has 16 heavy (non-hydrogen) atoms. The lowest BCUT2D eigenvalue weighted by atomic mass is 9.96. The van der Waals surface area contributed by atoms with Crippen molar-refractivity contribution in [3.05, 3.63) is 34.3 Å². The molecule has 86 valence electrons. The summed E-state index contributed by atoms with van der Waals surface area (Å²) in [5, 5.41) is 3.26. The van der Waals surface area contributed by atoms with E-state index in [-0.39, 0.29) is 6.04 Å². The van der Waals surface area contributed by atoms with Gasteiger partial charge in [0, 0.05) is 6.04 Å². The van der Waals surface area contributed by atoms with Crippen LogP contribution in [0.2, 0.25) is 0 Å². The predicted molar refractivity (Wildman–Crippen MR) is 63.5 cm³/mol. The van der Waals surface area contributed by atoms with Crippen molar-refractivity contribution in [2.24, 2.45) is 5.92 Å². The van der Waals surface area contributed by atoms with Crippen molar-refractivity contribution in [1.82, 2.24) is 10.3 Å². The summed E-state index contributed by atoms with van der Waals surface area (Å²) in [7, 11) is 1.93. The Hall–Kier alpha value is -1.55. The van der Waals surface area contributed by atoms with E-state index < -0.39 is 5.76 Å². The van der Waals surface area contributed by atoms with Gasteiger partial charge in [0.1, 0.15) is 0 Å². The fourth-order valence-corrected chi connectivity index (χ4v) is 2.04. The summed E-state index contributed by atoms with van der Waals surface area (Å²) in [4.78, 5) is 13.7. The highest BCUT2D eigenvalue weighted by Gasteiger charge is 2.14. The maximum atomic E-state index is 11.0. The molecular weight excluding hydrogens is 204 g/mol. The first kappa shape index (κ1) is 11.0. The van der Waals surface area contributed by atoms with E-state index in [1.807, 2.05) is 25.2 Å². The summed E-state index contributed by atoms with van der Waals surface area (Å²) >= 11 is 0. The minimum atomic E-state index is -0.405. The van der Waals surface area contributed by atoms with Crippen LogP contribution in [0.4, 0.5) is 0 Å². The first-order valence-electron chi connectivity index (χ1n) is 5.42. The Kier molecular flexibility index (Phi) is 2.83. The molecule has 0 fully saturated rings. The van der Waals surface area contributed by atoms with Crippen LogP contribution in [-0.2, 0) is 0 Å². The molecule has 0 saturated heterocycles. The van der Waals surface area contributed by atoms with Gasteiger partial charge in [-0.25, -0.2) is 4.79 Å².